The molecule has 0 radical (unpaired) electrons. The minimum Gasteiger partial charge on any atom is -0.465 e. The summed E-state index contributed by atoms with van der Waals surface area (Å²) >= 11 is 6.17. The first-order valence-corrected chi connectivity index (χ1v) is 8.86. The van der Waals surface area contributed by atoms with E-state index < -0.39 is 6.09 Å². The minimum atomic E-state index is -1.01. The van der Waals surface area contributed by atoms with Crippen molar-refractivity contribution >= 4 is 23.5 Å². The molecule has 1 aromatic rings. The zero-order valence-electron chi connectivity index (χ0n) is 14.6. The van der Waals surface area contributed by atoms with Crippen LogP contribution in [-0.2, 0) is 6.42 Å². The molecule has 1 fully saturated rings. The van der Waals surface area contributed by atoms with Crippen LogP contribution >= 0.6 is 11.6 Å². The van der Waals surface area contributed by atoms with Gasteiger partial charge in [-0.2, -0.15) is 10.5 Å². The van der Waals surface area contributed by atoms with Crippen LogP contribution in [-0.4, -0.2) is 60.4 Å². The molecule has 2 N–H and O–H groups in total. The average molecular weight is 377 g/mol. The second-order valence-corrected chi connectivity index (χ2v) is 6.30. The predicted molar refractivity (Wildman–Crippen MR) is 97.4 cm³/mol. The van der Waals surface area contributed by atoms with E-state index in [1.54, 1.807) is 0 Å². The van der Waals surface area contributed by atoms with Gasteiger partial charge in [0.25, 0.3) is 0 Å². The fraction of sp³-hybridized carbons (Fsp3) is 0.529. The molecule has 0 aromatic carbocycles. The standard InChI is InChI=1S/C17H21ClN6O2/c1-2-12-13(10-19)15(18)22-16(14(12)11-20)24-8-6-23(7-9-24)5-3-4-21-17(25)26/h21H,2-9H2,1H3,(H,25,26). The van der Waals surface area contributed by atoms with Crippen LogP contribution in [0.4, 0.5) is 10.6 Å². The predicted octanol–water partition coefficient (Wildman–Crippen LogP) is 1.82. The number of hydrogen-bond acceptors (Lipinski definition) is 6. The summed E-state index contributed by atoms with van der Waals surface area (Å²) in [5, 5.41) is 29.9. The van der Waals surface area contributed by atoms with E-state index in [0.29, 0.717) is 43.0 Å². The summed E-state index contributed by atoms with van der Waals surface area (Å²) in [6.45, 7) is 6.10. The number of carbonyl (C=O) groups is 1. The summed E-state index contributed by atoms with van der Waals surface area (Å²) in [4.78, 5) is 19.0. The zero-order valence-corrected chi connectivity index (χ0v) is 15.4. The first-order valence-electron chi connectivity index (χ1n) is 8.48. The first kappa shape index (κ1) is 19.8. The second kappa shape index (κ2) is 9.23. The van der Waals surface area contributed by atoms with E-state index in [4.69, 9.17) is 16.7 Å². The average Bonchev–Trinajstić information content (AvgIpc) is 2.64. The number of nitrogens with one attached hydrogen (secondary N) is 1. The third kappa shape index (κ3) is 4.54. The van der Waals surface area contributed by atoms with Gasteiger partial charge in [0.15, 0.2) is 0 Å². The topological polar surface area (TPSA) is 116 Å². The summed E-state index contributed by atoms with van der Waals surface area (Å²) in [7, 11) is 0. The molecular weight excluding hydrogens is 356 g/mol. The van der Waals surface area contributed by atoms with E-state index >= 15 is 0 Å². The quantitative estimate of drug-likeness (QED) is 0.574. The van der Waals surface area contributed by atoms with Gasteiger partial charge in [0.05, 0.1) is 11.1 Å². The summed E-state index contributed by atoms with van der Waals surface area (Å²) < 4.78 is 0. The smallest absolute Gasteiger partial charge is 0.404 e. The number of nitriles is 2. The van der Waals surface area contributed by atoms with Crippen molar-refractivity contribution in [1.29, 1.82) is 10.5 Å². The van der Waals surface area contributed by atoms with E-state index in [-0.39, 0.29) is 10.7 Å². The van der Waals surface area contributed by atoms with E-state index in [0.717, 1.165) is 26.1 Å². The van der Waals surface area contributed by atoms with Crippen LogP contribution in [0.1, 0.15) is 30.0 Å². The highest BCUT2D eigenvalue weighted by molar-refractivity contribution is 6.30. The molecule has 26 heavy (non-hydrogen) atoms. The molecule has 0 atom stereocenters. The highest BCUT2D eigenvalue weighted by Crippen LogP contribution is 2.29. The zero-order chi connectivity index (χ0) is 19.1. The molecule has 138 valence electrons. The Kier molecular flexibility index (Phi) is 7.02. The summed E-state index contributed by atoms with van der Waals surface area (Å²) in [5.74, 6) is 0.542. The number of pyridine rings is 1. The van der Waals surface area contributed by atoms with E-state index in [2.05, 4.69) is 21.3 Å². The molecule has 0 saturated carbocycles. The van der Waals surface area contributed by atoms with E-state index in [9.17, 15) is 15.3 Å². The number of rotatable bonds is 6. The van der Waals surface area contributed by atoms with Gasteiger partial charge in [-0.05, 0) is 24.9 Å². The Hall–Kier alpha value is -2.55. The van der Waals surface area contributed by atoms with Gasteiger partial charge in [0.2, 0.25) is 0 Å². The first-order chi connectivity index (χ1) is 12.5. The number of hydrogen-bond donors (Lipinski definition) is 2. The second-order valence-electron chi connectivity index (χ2n) is 5.95. The molecule has 0 bridgehead atoms. The van der Waals surface area contributed by atoms with Crippen LogP contribution in [0.25, 0.3) is 0 Å². The van der Waals surface area contributed by atoms with Crippen LogP contribution in [0.3, 0.4) is 0 Å². The Morgan fingerprint density at radius 2 is 1.92 bits per heavy atom. The van der Waals surface area contributed by atoms with Gasteiger partial charge in [-0.3, -0.25) is 4.90 Å². The molecule has 0 spiro atoms. The van der Waals surface area contributed by atoms with Crippen molar-refractivity contribution in [1.82, 2.24) is 15.2 Å². The maximum absolute atomic E-state index is 10.4. The molecule has 2 heterocycles. The monoisotopic (exact) mass is 376 g/mol. The highest BCUT2D eigenvalue weighted by atomic mass is 35.5. The van der Waals surface area contributed by atoms with E-state index in [1.165, 1.54) is 0 Å². The van der Waals surface area contributed by atoms with Crippen molar-refractivity contribution in [2.45, 2.75) is 19.8 Å². The molecular formula is C17H21ClN6O2. The van der Waals surface area contributed by atoms with Gasteiger partial charge in [0.1, 0.15) is 23.1 Å². The maximum Gasteiger partial charge on any atom is 0.404 e. The van der Waals surface area contributed by atoms with Crippen molar-refractivity contribution in [2.24, 2.45) is 0 Å². The number of halogens is 1. The van der Waals surface area contributed by atoms with E-state index in [1.807, 2.05) is 17.9 Å². The van der Waals surface area contributed by atoms with Gasteiger partial charge in [-0.25, -0.2) is 9.78 Å². The minimum absolute atomic E-state index is 0.139. The van der Waals surface area contributed by atoms with Gasteiger partial charge >= 0.3 is 6.09 Å². The lowest BCUT2D eigenvalue weighted by Crippen LogP contribution is -2.47. The van der Waals surface area contributed by atoms with Crippen LogP contribution in [0, 0.1) is 22.7 Å². The Labute approximate surface area is 157 Å². The molecule has 1 amide bonds. The Morgan fingerprint density at radius 1 is 1.27 bits per heavy atom. The molecule has 1 saturated heterocycles. The lowest BCUT2D eigenvalue weighted by Gasteiger charge is -2.36. The molecule has 1 aliphatic rings. The maximum atomic E-state index is 10.4. The van der Waals surface area contributed by atoms with Gasteiger partial charge < -0.3 is 15.3 Å². The lowest BCUT2D eigenvalue weighted by molar-refractivity contribution is 0.192. The highest BCUT2D eigenvalue weighted by Gasteiger charge is 2.24. The molecule has 1 aromatic heterocycles. The van der Waals surface area contributed by atoms with Gasteiger partial charge in [0, 0.05) is 32.7 Å². The SMILES string of the molecule is CCc1c(C#N)c(Cl)nc(N2CCN(CCCNC(=O)O)CC2)c1C#N. The Morgan fingerprint density at radius 3 is 2.46 bits per heavy atom. The number of anilines is 1. The molecule has 1 aliphatic heterocycles. The van der Waals surface area contributed by atoms with Crippen LogP contribution in [0.15, 0.2) is 0 Å². The lowest BCUT2D eigenvalue weighted by atomic mass is 10.0. The van der Waals surface area contributed by atoms with Crippen molar-refractivity contribution < 1.29 is 9.90 Å². The fourth-order valence-corrected chi connectivity index (χ4v) is 3.32. The van der Waals surface area contributed by atoms with Gasteiger partial charge in [-0.15, -0.1) is 0 Å². The van der Waals surface area contributed by atoms with Crippen LogP contribution in [0.5, 0.6) is 0 Å². The van der Waals surface area contributed by atoms with Crippen molar-refractivity contribution in [3.8, 4) is 12.1 Å². The summed E-state index contributed by atoms with van der Waals surface area (Å²) in [6, 6.07) is 4.23. The fourth-order valence-electron chi connectivity index (χ4n) is 3.08. The van der Waals surface area contributed by atoms with Gasteiger partial charge in [-0.1, -0.05) is 18.5 Å². The number of amides is 1. The Bertz CT molecular complexity index is 747. The van der Waals surface area contributed by atoms with Crippen molar-refractivity contribution in [3.05, 3.63) is 21.8 Å². The largest absolute Gasteiger partial charge is 0.465 e. The molecule has 0 aliphatic carbocycles. The molecule has 9 heteroatoms. The molecule has 2 rings (SSSR count). The normalized spacial score (nSPS) is 14.5. The van der Waals surface area contributed by atoms with Crippen LogP contribution in [0.2, 0.25) is 5.15 Å². The number of nitrogens with zero attached hydrogens (tertiary/aromatic N) is 5. The number of piperazine rings is 1. The third-order valence-electron chi connectivity index (χ3n) is 4.41. The summed E-state index contributed by atoms with van der Waals surface area (Å²) in [5.41, 5.74) is 1.35. The number of aromatic nitrogens is 1. The van der Waals surface area contributed by atoms with Crippen LogP contribution < -0.4 is 10.2 Å². The van der Waals surface area contributed by atoms with Crippen molar-refractivity contribution in [2.75, 3.05) is 44.2 Å². The molecule has 8 nitrogen and oxygen atoms in total. The summed E-state index contributed by atoms with van der Waals surface area (Å²) in [6.07, 6.45) is 0.281. The third-order valence-corrected chi connectivity index (χ3v) is 4.69. The molecule has 0 unspecified atom stereocenters. The van der Waals surface area contributed by atoms with Crippen molar-refractivity contribution in [3.63, 3.8) is 0 Å². The number of carboxylic acid groups (broad SMARTS) is 1. The Balaban J connectivity index is 2.05.